The first-order valence-corrected chi connectivity index (χ1v) is 6.82. The van der Waals surface area contributed by atoms with Crippen molar-refractivity contribution in [2.45, 2.75) is 31.9 Å². The fraction of sp³-hybridized carbons (Fsp3) is 0.533. The number of rotatable bonds is 4. The smallest absolute Gasteiger partial charge is 0.248 e. The van der Waals surface area contributed by atoms with Crippen LogP contribution in [-0.4, -0.2) is 34.6 Å². The third-order valence-corrected chi connectivity index (χ3v) is 4.35. The number of nitrogens with zero attached hydrogens (tertiary/aromatic N) is 1. The van der Waals surface area contributed by atoms with Crippen LogP contribution in [0.4, 0.5) is 0 Å². The summed E-state index contributed by atoms with van der Waals surface area (Å²) in [6, 6.07) is 5.58. The Morgan fingerprint density at radius 3 is 2.68 bits per heavy atom. The number of amides is 1. The summed E-state index contributed by atoms with van der Waals surface area (Å²) in [6.45, 7) is 4.37. The van der Waals surface area contributed by atoms with Crippen LogP contribution >= 0.6 is 0 Å². The average molecular weight is 260 g/mol. The van der Waals surface area contributed by atoms with E-state index in [1.807, 2.05) is 19.1 Å². The second-order valence-electron chi connectivity index (χ2n) is 6.03. The number of nitrogens with two attached hydrogens (primary N) is 1. The lowest BCUT2D eigenvalue weighted by Crippen LogP contribution is -2.62. The zero-order valence-corrected chi connectivity index (χ0v) is 11.2. The molecule has 1 aliphatic carbocycles. The zero-order valence-electron chi connectivity index (χ0n) is 11.2. The molecule has 0 unspecified atom stereocenters. The van der Waals surface area contributed by atoms with E-state index in [9.17, 15) is 9.90 Å². The minimum atomic E-state index is -0.429. The van der Waals surface area contributed by atoms with Crippen LogP contribution in [0, 0.1) is 12.8 Å². The predicted molar refractivity (Wildman–Crippen MR) is 72.6 cm³/mol. The van der Waals surface area contributed by atoms with E-state index in [0.29, 0.717) is 11.5 Å². The van der Waals surface area contributed by atoms with E-state index in [4.69, 9.17) is 5.73 Å². The maximum Gasteiger partial charge on any atom is 0.248 e. The summed E-state index contributed by atoms with van der Waals surface area (Å²) in [7, 11) is 0. The number of aliphatic hydroxyl groups is 1. The molecule has 1 heterocycles. The first-order chi connectivity index (χ1) is 8.98. The van der Waals surface area contributed by atoms with Gasteiger partial charge in [-0.3, -0.25) is 9.69 Å². The van der Waals surface area contributed by atoms with E-state index < -0.39 is 5.60 Å². The molecule has 3 N–H and O–H groups in total. The maximum atomic E-state index is 11.1. The molecule has 1 amide bonds. The number of benzene rings is 1. The highest BCUT2D eigenvalue weighted by Crippen LogP contribution is 2.44. The van der Waals surface area contributed by atoms with E-state index in [0.717, 1.165) is 25.2 Å². The topological polar surface area (TPSA) is 66.6 Å². The summed E-state index contributed by atoms with van der Waals surface area (Å²) in [5, 5.41) is 10.3. The molecular weight excluding hydrogens is 240 g/mol. The Hall–Kier alpha value is -1.39. The van der Waals surface area contributed by atoms with Gasteiger partial charge in [0.2, 0.25) is 5.91 Å². The van der Waals surface area contributed by atoms with Gasteiger partial charge < -0.3 is 10.8 Å². The molecule has 2 aliphatic rings. The van der Waals surface area contributed by atoms with Crippen molar-refractivity contribution >= 4 is 5.91 Å². The normalized spacial score (nSPS) is 22.0. The molecule has 102 valence electrons. The summed E-state index contributed by atoms with van der Waals surface area (Å²) in [6.07, 6.45) is 2.35. The molecule has 0 radical (unpaired) electrons. The summed E-state index contributed by atoms with van der Waals surface area (Å²) in [5.41, 5.74) is 7.67. The Balaban J connectivity index is 1.63. The Labute approximate surface area is 113 Å². The highest BCUT2D eigenvalue weighted by atomic mass is 16.3. The molecule has 4 heteroatoms. The number of carbonyl (C=O) groups is 1. The van der Waals surface area contributed by atoms with Gasteiger partial charge in [-0.1, -0.05) is 6.07 Å². The average Bonchev–Trinajstić information content (AvgIpc) is 3.13. The van der Waals surface area contributed by atoms with Gasteiger partial charge in [-0.2, -0.15) is 0 Å². The standard InChI is InChI=1S/C15H20N2O2/c1-10-6-11(14(16)18)2-3-12(10)7-17-8-15(19,9-17)13-4-5-13/h2-3,6,13,19H,4-5,7-9H2,1H3,(H2,16,18). The molecule has 2 fully saturated rings. The van der Waals surface area contributed by atoms with Gasteiger partial charge in [0.05, 0.1) is 5.60 Å². The molecule has 0 aromatic heterocycles. The van der Waals surface area contributed by atoms with Gasteiger partial charge in [-0.05, 0) is 48.9 Å². The van der Waals surface area contributed by atoms with Gasteiger partial charge in [0, 0.05) is 25.2 Å². The van der Waals surface area contributed by atoms with E-state index in [2.05, 4.69) is 4.90 Å². The first kappa shape index (κ1) is 12.6. The number of carbonyl (C=O) groups excluding carboxylic acids is 1. The van der Waals surface area contributed by atoms with E-state index in [1.165, 1.54) is 18.4 Å². The first-order valence-electron chi connectivity index (χ1n) is 6.82. The van der Waals surface area contributed by atoms with Gasteiger partial charge in [-0.15, -0.1) is 0 Å². The molecular formula is C15H20N2O2. The van der Waals surface area contributed by atoms with Gasteiger partial charge in [0.25, 0.3) is 0 Å². The molecule has 1 aromatic rings. The molecule has 0 spiro atoms. The molecule has 1 saturated carbocycles. The summed E-state index contributed by atoms with van der Waals surface area (Å²) in [5.74, 6) is 0.142. The lowest BCUT2D eigenvalue weighted by Gasteiger charge is -2.47. The van der Waals surface area contributed by atoms with Gasteiger partial charge in [0.15, 0.2) is 0 Å². The molecule has 4 nitrogen and oxygen atoms in total. The second-order valence-corrected chi connectivity index (χ2v) is 6.03. The van der Waals surface area contributed by atoms with Crippen LogP contribution in [-0.2, 0) is 6.54 Å². The van der Waals surface area contributed by atoms with Gasteiger partial charge in [0.1, 0.15) is 0 Å². The number of hydrogen-bond donors (Lipinski definition) is 2. The Morgan fingerprint density at radius 2 is 2.16 bits per heavy atom. The van der Waals surface area contributed by atoms with Crippen molar-refractivity contribution in [3.8, 4) is 0 Å². The highest BCUT2D eigenvalue weighted by molar-refractivity contribution is 5.93. The molecule has 3 rings (SSSR count). The van der Waals surface area contributed by atoms with Crippen LogP contribution in [0.5, 0.6) is 0 Å². The third-order valence-electron chi connectivity index (χ3n) is 4.35. The minimum absolute atomic E-state index is 0.387. The maximum absolute atomic E-state index is 11.1. The number of aryl methyl sites for hydroxylation is 1. The summed E-state index contributed by atoms with van der Waals surface area (Å²) < 4.78 is 0. The number of likely N-dealkylation sites (tertiary alicyclic amines) is 1. The predicted octanol–water partition coefficient (Wildman–Crippen LogP) is 1.05. The Morgan fingerprint density at radius 1 is 1.47 bits per heavy atom. The number of β-amino-alcohol motifs (C(OH)–C–C–N with tert-alkyl or cyclic N) is 1. The largest absolute Gasteiger partial charge is 0.387 e. The number of primary amides is 1. The SMILES string of the molecule is Cc1cc(C(N)=O)ccc1CN1CC(O)(C2CC2)C1. The van der Waals surface area contributed by atoms with Gasteiger partial charge in [-0.25, -0.2) is 0 Å². The third kappa shape index (κ3) is 2.38. The lowest BCUT2D eigenvalue weighted by molar-refractivity contribution is -0.116. The monoisotopic (exact) mass is 260 g/mol. The van der Waals surface area contributed by atoms with Crippen molar-refractivity contribution < 1.29 is 9.90 Å². The van der Waals surface area contributed by atoms with Crippen LogP contribution < -0.4 is 5.73 Å². The van der Waals surface area contributed by atoms with Crippen LogP contribution in [0.1, 0.15) is 34.3 Å². The summed E-state index contributed by atoms with van der Waals surface area (Å²) in [4.78, 5) is 13.4. The van der Waals surface area contributed by atoms with E-state index in [1.54, 1.807) is 6.07 Å². The molecule has 0 bridgehead atoms. The lowest BCUT2D eigenvalue weighted by atomic mass is 9.88. The Kier molecular flexibility index (Phi) is 2.87. The molecule has 1 saturated heterocycles. The summed E-state index contributed by atoms with van der Waals surface area (Å²) >= 11 is 0. The van der Waals surface area contributed by atoms with Crippen LogP contribution in [0.2, 0.25) is 0 Å². The van der Waals surface area contributed by atoms with E-state index in [-0.39, 0.29) is 5.91 Å². The molecule has 1 aromatic carbocycles. The van der Waals surface area contributed by atoms with Crippen LogP contribution in [0.15, 0.2) is 18.2 Å². The van der Waals surface area contributed by atoms with Crippen molar-refractivity contribution in [2.75, 3.05) is 13.1 Å². The number of hydrogen-bond acceptors (Lipinski definition) is 3. The van der Waals surface area contributed by atoms with Crippen LogP contribution in [0.25, 0.3) is 0 Å². The second kappa shape index (κ2) is 4.32. The molecule has 19 heavy (non-hydrogen) atoms. The quantitative estimate of drug-likeness (QED) is 0.850. The fourth-order valence-electron chi connectivity index (χ4n) is 2.99. The molecule has 1 aliphatic heterocycles. The van der Waals surface area contributed by atoms with Crippen molar-refractivity contribution in [1.82, 2.24) is 4.90 Å². The van der Waals surface area contributed by atoms with Crippen molar-refractivity contribution in [3.63, 3.8) is 0 Å². The highest BCUT2D eigenvalue weighted by Gasteiger charge is 2.51. The van der Waals surface area contributed by atoms with Crippen molar-refractivity contribution in [2.24, 2.45) is 11.7 Å². The van der Waals surface area contributed by atoms with Crippen molar-refractivity contribution in [3.05, 3.63) is 34.9 Å². The van der Waals surface area contributed by atoms with E-state index >= 15 is 0 Å². The van der Waals surface area contributed by atoms with Crippen molar-refractivity contribution in [1.29, 1.82) is 0 Å². The molecule has 0 atom stereocenters. The van der Waals surface area contributed by atoms with Gasteiger partial charge >= 0.3 is 0 Å². The minimum Gasteiger partial charge on any atom is -0.387 e. The zero-order chi connectivity index (χ0) is 13.6. The Bertz CT molecular complexity index is 517. The fourth-order valence-corrected chi connectivity index (χ4v) is 2.99. The van der Waals surface area contributed by atoms with Crippen LogP contribution in [0.3, 0.4) is 0 Å².